The smallest absolute Gasteiger partial charge is 0.246 e. The highest BCUT2D eigenvalue weighted by Gasteiger charge is 2.28. The Kier molecular flexibility index (Phi) is 4.84. The van der Waals surface area contributed by atoms with Gasteiger partial charge >= 0.3 is 0 Å². The molecule has 1 heterocycles. The number of aromatic nitrogens is 2. The van der Waals surface area contributed by atoms with Gasteiger partial charge in [0.25, 0.3) is 0 Å². The van der Waals surface area contributed by atoms with Crippen LogP contribution in [-0.4, -0.2) is 49.0 Å². The van der Waals surface area contributed by atoms with Crippen LogP contribution >= 0.6 is 0 Å². The molecule has 0 atom stereocenters. The second-order valence-electron chi connectivity index (χ2n) is 4.12. The topological polar surface area (TPSA) is 95.2 Å². The van der Waals surface area contributed by atoms with Crippen molar-refractivity contribution in [2.45, 2.75) is 18.7 Å². The lowest BCUT2D eigenvalue weighted by Crippen LogP contribution is -2.38. The van der Waals surface area contributed by atoms with E-state index in [0.29, 0.717) is 17.9 Å². The Balaban J connectivity index is 2.89. The number of aromatic amines is 1. The number of carbonyl (C=O) groups excluding carboxylic acids is 1. The molecule has 0 aliphatic carbocycles. The molecule has 0 unspecified atom stereocenters. The van der Waals surface area contributed by atoms with Crippen LogP contribution in [0.3, 0.4) is 0 Å². The lowest BCUT2D eigenvalue weighted by molar-refractivity contribution is -0.120. The average molecular weight is 286 g/mol. The first-order chi connectivity index (χ1) is 8.80. The average Bonchev–Trinajstić information content (AvgIpc) is 2.66. The maximum atomic E-state index is 12.3. The number of H-pyrrole nitrogens is 1. The standard InChI is InChI=1S/C11H18N4O3S/c1-5-6-12-10(16)7-15(4)19(17,18)11-8(2)13-14-9(11)3/h5H,1,6-7H2,2-4H3,(H,12,16)(H,13,14). The van der Waals surface area contributed by atoms with Gasteiger partial charge in [0.15, 0.2) is 0 Å². The highest BCUT2D eigenvalue weighted by Crippen LogP contribution is 2.20. The van der Waals surface area contributed by atoms with E-state index in [-0.39, 0.29) is 17.3 Å². The predicted octanol–water partition coefficient (Wildman–Crippen LogP) is -0.0508. The fourth-order valence-corrected chi connectivity index (χ4v) is 3.06. The summed E-state index contributed by atoms with van der Waals surface area (Å²) in [5.41, 5.74) is 0.840. The van der Waals surface area contributed by atoms with Gasteiger partial charge in [0, 0.05) is 13.6 Å². The van der Waals surface area contributed by atoms with Crippen LogP contribution in [0, 0.1) is 13.8 Å². The number of nitrogens with one attached hydrogen (secondary N) is 2. The van der Waals surface area contributed by atoms with Crippen molar-refractivity contribution in [3.63, 3.8) is 0 Å². The van der Waals surface area contributed by atoms with Crippen LogP contribution < -0.4 is 5.32 Å². The quantitative estimate of drug-likeness (QED) is 0.717. The molecule has 1 aromatic heterocycles. The van der Waals surface area contributed by atoms with Crippen molar-refractivity contribution in [2.75, 3.05) is 20.1 Å². The number of amides is 1. The number of aryl methyl sites for hydroxylation is 2. The minimum atomic E-state index is -3.72. The van der Waals surface area contributed by atoms with E-state index in [4.69, 9.17) is 0 Å². The molecule has 0 aliphatic heterocycles. The zero-order chi connectivity index (χ0) is 14.6. The molecular weight excluding hydrogens is 268 g/mol. The zero-order valence-electron chi connectivity index (χ0n) is 11.2. The molecule has 1 rings (SSSR count). The van der Waals surface area contributed by atoms with E-state index >= 15 is 0 Å². The Bertz CT molecular complexity index is 557. The van der Waals surface area contributed by atoms with Gasteiger partial charge in [-0.15, -0.1) is 6.58 Å². The van der Waals surface area contributed by atoms with Gasteiger partial charge in [-0.2, -0.15) is 9.40 Å². The molecule has 106 valence electrons. The molecule has 0 spiro atoms. The summed E-state index contributed by atoms with van der Waals surface area (Å²) in [5, 5.41) is 8.99. The van der Waals surface area contributed by atoms with Crippen LogP contribution in [0.1, 0.15) is 11.4 Å². The van der Waals surface area contributed by atoms with Crippen LogP contribution in [-0.2, 0) is 14.8 Å². The number of likely N-dealkylation sites (N-methyl/N-ethyl adjacent to an activating group) is 1. The van der Waals surface area contributed by atoms with E-state index < -0.39 is 10.0 Å². The molecule has 2 N–H and O–H groups in total. The number of nitrogens with zero attached hydrogens (tertiary/aromatic N) is 2. The van der Waals surface area contributed by atoms with Crippen molar-refractivity contribution in [3.05, 3.63) is 24.0 Å². The maximum absolute atomic E-state index is 12.3. The third kappa shape index (κ3) is 3.42. The molecular formula is C11H18N4O3S. The first-order valence-corrected chi connectivity index (χ1v) is 7.10. The summed E-state index contributed by atoms with van der Waals surface area (Å²) in [6, 6.07) is 0. The third-order valence-electron chi connectivity index (χ3n) is 2.54. The second-order valence-corrected chi connectivity index (χ2v) is 6.10. The molecule has 0 radical (unpaired) electrons. The van der Waals surface area contributed by atoms with Crippen LogP contribution in [0.2, 0.25) is 0 Å². The minimum Gasteiger partial charge on any atom is -0.351 e. The Morgan fingerprint density at radius 2 is 2.16 bits per heavy atom. The predicted molar refractivity (Wildman–Crippen MR) is 71.1 cm³/mol. The Morgan fingerprint density at radius 1 is 1.53 bits per heavy atom. The van der Waals surface area contributed by atoms with Crippen molar-refractivity contribution in [1.82, 2.24) is 19.8 Å². The van der Waals surface area contributed by atoms with Crippen LogP contribution in [0.4, 0.5) is 0 Å². The summed E-state index contributed by atoms with van der Waals surface area (Å²) in [4.78, 5) is 11.6. The summed E-state index contributed by atoms with van der Waals surface area (Å²) >= 11 is 0. The number of carbonyl (C=O) groups is 1. The van der Waals surface area contributed by atoms with Gasteiger partial charge in [-0.05, 0) is 13.8 Å². The molecule has 0 saturated carbocycles. The normalized spacial score (nSPS) is 11.6. The third-order valence-corrected chi connectivity index (χ3v) is 4.61. The van der Waals surface area contributed by atoms with E-state index in [2.05, 4.69) is 22.1 Å². The molecule has 0 aromatic carbocycles. The van der Waals surface area contributed by atoms with Crippen molar-refractivity contribution < 1.29 is 13.2 Å². The van der Waals surface area contributed by atoms with E-state index in [1.165, 1.54) is 13.1 Å². The summed E-state index contributed by atoms with van der Waals surface area (Å²) in [7, 11) is -2.37. The first-order valence-electron chi connectivity index (χ1n) is 5.66. The summed E-state index contributed by atoms with van der Waals surface area (Å²) in [6.45, 7) is 6.74. The number of hydrogen-bond donors (Lipinski definition) is 2. The van der Waals surface area contributed by atoms with Crippen LogP contribution in [0.25, 0.3) is 0 Å². The van der Waals surface area contributed by atoms with E-state index in [9.17, 15) is 13.2 Å². The number of sulfonamides is 1. The lowest BCUT2D eigenvalue weighted by Gasteiger charge is -2.16. The molecule has 0 saturated heterocycles. The summed E-state index contributed by atoms with van der Waals surface area (Å²) in [5.74, 6) is -0.384. The van der Waals surface area contributed by atoms with Crippen molar-refractivity contribution in [3.8, 4) is 0 Å². The van der Waals surface area contributed by atoms with Gasteiger partial charge in [-0.1, -0.05) is 6.08 Å². The molecule has 8 heteroatoms. The Labute approximate surface area is 112 Å². The van der Waals surface area contributed by atoms with E-state index in [1.807, 2.05) is 0 Å². The maximum Gasteiger partial charge on any atom is 0.246 e. The van der Waals surface area contributed by atoms with Gasteiger partial charge < -0.3 is 5.32 Å². The Morgan fingerprint density at radius 3 is 2.63 bits per heavy atom. The minimum absolute atomic E-state index is 0.117. The number of hydrogen-bond acceptors (Lipinski definition) is 4. The monoisotopic (exact) mass is 286 g/mol. The highest BCUT2D eigenvalue weighted by molar-refractivity contribution is 7.89. The molecule has 1 amide bonds. The fraction of sp³-hybridized carbons (Fsp3) is 0.455. The highest BCUT2D eigenvalue weighted by atomic mass is 32.2. The lowest BCUT2D eigenvalue weighted by atomic mass is 10.4. The number of rotatable bonds is 6. The molecule has 7 nitrogen and oxygen atoms in total. The van der Waals surface area contributed by atoms with Gasteiger partial charge in [-0.3, -0.25) is 9.89 Å². The van der Waals surface area contributed by atoms with Crippen LogP contribution in [0.5, 0.6) is 0 Å². The molecule has 1 aromatic rings. The summed E-state index contributed by atoms with van der Waals surface area (Å²) in [6.07, 6.45) is 1.52. The van der Waals surface area contributed by atoms with Crippen LogP contribution in [0.15, 0.2) is 17.6 Å². The largest absolute Gasteiger partial charge is 0.351 e. The van der Waals surface area contributed by atoms with E-state index in [1.54, 1.807) is 13.8 Å². The first kappa shape index (κ1) is 15.4. The van der Waals surface area contributed by atoms with Crippen molar-refractivity contribution >= 4 is 15.9 Å². The molecule has 19 heavy (non-hydrogen) atoms. The second kappa shape index (κ2) is 5.98. The SMILES string of the molecule is C=CCNC(=O)CN(C)S(=O)(=O)c1c(C)n[nH]c1C. The van der Waals surface area contributed by atoms with Crippen molar-refractivity contribution in [1.29, 1.82) is 0 Å². The van der Waals surface area contributed by atoms with Gasteiger partial charge in [0.2, 0.25) is 15.9 Å². The summed E-state index contributed by atoms with van der Waals surface area (Å²) < 4.78 is 25.6. The Hall–Kier alpha value is -1.67. The van der Waals surface area contributed by atoms with Gasteiger partial charge in [0.1, 0.15) is 4.90 Å². The van der Waals surface area contributed by atoms with Crippen molar-refractivity contribution in [2.24, 2.45) is 0 Å². The van der Waals surface area contributed by atoms with Gasteiger partial charge in [0.05, 0.1) is 17.9 Å². The molecule has 0 aliphatic rings. The fourth-order valence-electron chi connectivity index (χ4n) is 1.61. The molecule has 0 fully saturated rings. The van der Waals surface area contributed by atoms with E-state index in [0.717, 1.165) is 4.31 Å². The molecule has 0 bridgehead atoms. The van der Waals surface area contributed by atoms with Gasteiger partial charge in [-0.25, -0.2) is 8.42 Å². The zero-order valence-corrected chi connectivity index (χ0v) is 12.0.